The van der Waals surface area contributed by atoms with Gasteiger partial charge in [-0.25, -0.2) is 0 Å². The highest BCUT2D eigenvalue weighted by Crippen LogP contribution is 2.41. The predicted octanol–water partition coefficient (Wildman–Crippen LogP) is 1.55. The Labute approximate surface area is 263 Å². The smallest absolute Gasteiger partial charge is 0.247 e. The van der Waals surface area contributed by atoms with Crippen molar-refractivity contribution in [1.82, 2.24) is 20.1 Å². The maximum Gasteiger partial charge on any atom is 0.247 e. The number of hydrogen-bond acceptors (Lipinski definition) is 8. The number of carbonyl (C=O) groups is 2. The van der Waals surface area contributed by atoms with Crippen LogP contribution in [0.25, 0.3) is 22.0 Å². The number of aliphatic hydroxyl groups excluding tert-OH is 4. The lowest BCUT2D eigenvalue weighted by molar-refractivity contribution is -0.250. The van der Waals surface area contributed by atoms with Gasteiger partial charge in [-0.05, 0) is 63.3 Å². The first-order valence-electron chi connectivity index (χ1n) is 15.8. The van der Waals surface area contributed by atoms with Gasteiger partial charge in [0.1, 0.15) is 30.0 Å². The number of hydrogen-bond donors (Lipinski definition) is 6. The van der Waals surface area contributed by atoms with E-state index in [2.05, 4.69) is 10.6 Å². The summed E-state index contributed by atoms with van der Waals surface area (Å²) in [6.07, 6.45) is -4.70. The molecule has 2 aliphatic heterocycles. The Balaban J connectivity index is 1.29. The summed E-state index contributed by atoms with van der Waals surface area (Å²) >= 11 is 0. The predicted molar refractivity (Wildman–Crippen MR) is 170 cm³/mol. The normalized spacial score (nSPS) is 24.2. The van der Waals surface area contributed by atoms with Crippen LogP contribution < -0.4 is 10.6 Å². The number of aliphatic hydroxyl groups is 4. The van der Waals surface area contributed by atoms with Gasteiger partial charge in [-0.2, -0.15) is 0 Å². The van der Waals surface area contributed by atoms with Gasteiger partial charge in [-0.3, -0.25) is 9.59 Å². The van der Waals surface area contributed by atoms with Crippen molar-refractivity contribution in [1.29, 1.82) is 0 Å². The fraction of sp³-hybridized carbons (Fsp3) is 0.529. The third-order valence-electron chi connectivity index (χ3n) is 9.11. The third-order valence-corrected chi connectivity index (χ3v) is 9.11. The minimum Gasteiger partial charge on any atom is -0.394 e. The number of fused-ring (bicyclic) bond motifs is 1. The summed E-state index contributed by atoms with van der Waals surface area (Å²) in [6, 6.07) is 14.0. The maximum absolute atomic E-state index is 12.9. The van der Waals surface area contributed by atoms with E-state index >= 15 is 0 Å². The Morgan fingerprint density at radius 3 is 2.36 bits per heavy atom. The van der Waals surface area contributed by atoms with Gasteiger partial charge in [0.25, 0.3) is 0 Å². The lowest BCUT2D eigenvalue weighted by Gasteiger charge is -2.41. The molecule has 3 aromatic rings. The van der Waals surface area contributed by atoms with E-state index < -0.39 is 42.8 Å². The highest BCUT2D eigenvalue weighted by molar-refractivity contribution is 6.00. The highest BCUT2D eigenvalue weighted by Gasteiger charge is 2.45. The number of aryl methyl sites for hydroxylation is 2. The number of benzene rings is 2. The number of piperazine rings is 1. The van der Waals surface area contributed by atoms with Gasteiger partial charge >= 0.3 is 0 Å². The lowest BCUT2D eigenvalue weighted by atomic mass is 9.97. The van der Waals surface area contributed by atoms with Gasteiger partial charge in [-0.1, -0.05) is 36.4 Å². The number of ether oxygens (including phenoxy) is 1. The maximum atomic E-state index is 12.9. The molecule has 2 amide bonds. The van der Waals surface area contributed by atoms with Gasteiger partial charge in [0, 0.05) is 49.2 Å². The molecule has 2 aliphatic rings. The number of amides is 2. The number of aromatic nitrogens is 1. The molecule has 6 N–H and O–H groups in total. The van der Waals surface area contributed by atoms with Crippen LogP contribution in [0.3, 0.4) is 0 Å². The lowest BCUT2D eigenvalue weighted by Crippen LogP contribution is -2.59. The van der Waals surface area contributed by atoms with Crippen LogP contribution in [0.2, 0.25) is 0 Å². The van der Waals surface area contributed by atoms with Gasteiger partial charge < -0.3 is 45.3 Å². The quantitative estimate of drug-likeness (QED) is 0.210. The van der Waals surface area contributed by atoms with E-state index in [9.17, 15) is 30.0 Å². The van der Waals surface area contributed by atoms with E-state index in [4.69, 9.17) is 4.74 Å². The van der Waals surface area contributed by atoms with Gasteiger partial charge in [-0.15, -0.1) is 0 Å². The molecule has 11 nitrogen and oxygen atoms in total. The van der Waals surface area contributed by atoms with Crippen LogP contribution in [0.1, 0.15) is 49.7 Å². The second-order valence-electron chi connectivity index (χ2n) is 12.8. The Hall–Kier alpha value is -3.32. The van der Waals surface area contributed by atoms with E-state index in [1.807, 2.05) is 60.9 Å². The van der Waals surface area contributed by atoms with Crippen LogP contribution in [0.4, 0.5) is 0 Å². The average molecular weight is 623 g/mol. The molecule has 45 heavy (non-hydrogen) atoms. The van der Waals surface area contributed by atoms with E-state index in [-0.39, 0.29) is 11.8 Å². The van der Waals surface area contributed by atoms with Crippen molar-refractivity contribution in [3.05, 3.63) is 59.3 Å². The monoisotopic (exact) mass is 622 g/mol. The van der Waals surface area contributed by atoms with Crippen molar-refractivity contribution in [2.75, 3.05) is 32.8 Å². The van der Waals surface area contributed by atoms with Crippen LogP contribution in [0.5, 0.6) is 0 Å². The Morgan fingerprint density at radius 1 is 1.00 bits per heavy atom. The van der Waals surface area contributed by atoms with Crippen LogP contribution in [-0.4, -0.2) is 104 Å². The number of rotatable bonds is 9. The Morgan fingerprint density at radius 2 is 1.69 bits per heavy atom. The fourth-order valence-electron chi connectivity index (χ4n) is 6.66. The Bertz CT molecular complexity index is 1510. The van der Waals surface area contributed by atoms with Crippen LogP contribution >= 0.6 is 0 Å². The fourth-order valence-corrected chi connectivity index (χ4v) is 6.66. The molecule has 2 saturated heterocycles. The molecule has 2 aromatic carbocycles. The van der Waals surface area contributed by atoms with E-state index in [0.717, 1.165) is 51.9 Å². The molecule has 3 heterocycles. The third kappa shape index (κ3) is 6.65. The molecule has 11 heteroatoms. The molecule has 0 aliphatic carbocycles. The minimum atomic E-state index is -1.48. The molecule has 244 valence electrons. The molecule has 0 radical (unpaired) electrons. The number of nitrogens with zero attached hydrogens (tertiary/aromatic N) is 2. The molecule has 0 saturated carbocycles. The first-order valence-corrected chi connectivity index (χ1v) is 15.8. The van der Waals surface area contributed by atoms with Gasteiger partial charge in [0.15, 0.2) is 6.23 Å². The summed E-state index contributed by atoms with van der Waals surface area (Å²) in [5.41, 5.74) is 4.69. The molecule has 5 rings (SSSR count). The summed E-state index contributed by atoms with van der Waals surface area (Å²) in [6.45, 7) is 9.75. The first kappa shape index (κ1) is 33.1. The molecule has 5 atom stereocenters. The second kappa shape index (κ2) is 13.6. The zero-order valence-corrected chi connectivity index (χ0v) is 26.5. The van der Waals surface area contributed by atoms with Crippen molar-refractivity contribution in [2.24, 2.45) is 0 Å². The summed E-state index contributed by atoms with van der Waals surface area (Å²) in [5.74, 6) is -0.210. The summed E-state index contributed by atoms with van der Waals surface area (Å²) < 4.78 is 7.78. The molecular formula is C34H46N4O7. The van der Waals surface area contributed by atoms with Crippen LogP contribution in [-0.2, 0) is 20.7 Å². The average Bonchev–Trinajstić information content (AvgIpc) is 3.33. The first-order chi connectivity index (χ1) is 21.4. The van der Waals surface area contributed by atoms with Crippen molar-refractivity contribution >= 4 is 22.7 Å². The minimum absolute atomic E-state index is 0.0635. The molecule has 0 spiro atoms. The standard InChI is InChI=1S/C34H46N4O7/c1-20-7-5-9-24-27(20)28(21(2)38(24)32-31(43)30(42)29(41)25(19-39)45-32)23-13-11-22(12-14-23)8-6-10-26(40)36-34(3,4)33(44)37-17-15-35-16-18-37/h5,7,9,11-14,25,29-32,35,39,41-43H,6,8,10,15-19H2,1-4H3,(H,36,40)/t25-,29-,30+,31-,32-/m1/s1. The number of nitrogens with one attached hydrogen (secondary N) is 2. The molecule has 0 bridgehead atoms. The topological polar surface area (TPSA) is 157 Å². The van der Waals surface area contributed by atoms with Crippen molar-refractivity contribution in [2.45, 2.75) is 83.1 Å². The van der Waals surface area contributed by atoms with E-state index in [0.29, 0.717) is 32.4 Å². The van der Waals surface area contributed by atoms with Gasteiger partial charge in [0.05, 0.1) is 12.1 Å². The molecular weight excluding hydrogens is 576 g/mol. The second-order valence-corrected chi connectivity index (χ2v) is 12.8. The molecule has 1 aromatic heterocycles. The number of carbonyl (C=O) groups excluding carboxylic acids is 2. The van der Waals surface area contributed by atoms with Gasteiger partial charge in [0.2, 0.25) is 11.8 Å². The SMILES string of the molecule is Cc1cccc2c1c(-c1ccc(CCCC(=O)NC(C)(C)C(=O)N3CCNCC3)cc1)c(C)n2[C@@H]1O[C@H](CO)[C@@H](O)[C@H](O)[C@H]1O. The zero-order valence-electron chi connectivity index (χ0n) is 26.5. The van der Waals surface area contributed by atoms with Crippen molar-refractivity contribution in [3.63, 3.8) is 0 Å². The largest absolute Gasteiger partial charge is 0.394 e. The van der Waals surface area contributed by atoms with E-state index in [1.54, 1.807) is 18.7 Å². The van der Waals surface area contributed by atoms with Crippen molar-refractivity contribution < 1.29 is 34.8 Å². The Kier molecular flexibility index (Phi) is 9.97. The summed E-state index contributed by atoms with van der Waals surface area (Å²) in [4.78, 5) is 27.5. The van der Waals surface area contributed by atoms with Crippen molar-refractivity contribution in [3.8, 4) is 11.1 Å². The molecule has 0 unspecified atom stereocenters. The summed E-state index contributed by atoms with van der Waals surface area (Å²) in [5, 5.41) is 48.6. The molecule has 2 fully saturated rings. The van der Waals surface area contributed by atoms with E-state index in [1.165, 1.54) is 0 Å². The summed E-state index contributed by atoms with van der Waals surface area (Å²) in [7, 11) is 0. The zero-order chi connectivity index (χ0) is 32.5. The van der Waals surface area contributed by atoms with Crippen LogP contribution in [0.15, 0.2) is 42.5 Å². The highest BCUT2D eigenvalue weighted by atomic mass is 16.6. The van der Waals surface area contributed by atoms with Crippen LogP contribution in [0, 0.1) is 13.8 Å².